The van der Waals surface area contributed by atoms with Gasteiger partial charge in [0.1, 0.15) is 0 Å². The zero-order chi connectivity index (χ0) is 16.5. The summed E-state index contributed by atoms with van der Waals surface area (Å²) in [4.78, 5) is 7.17. The normalized spacial score (nSPS) is 14.3. The molecule has 24 heavy (non-hydrogen) atoms. The number of hydrogen-bond donors (Lipinski definition) is 0. The maximum absolute atomic E-state index is 9.11. The summed E-state index contributed by atoms with van der Waals surface area (Å²) in [5.41, 5.74) is 4.97. The summed E-state index contributed by atoms with van der Waals surface area (Å²) in [5, 5.41) is 10.7. The highest BCUT2D eigenvalue weighted by molar-refractivity contribution is 6.36. The van der Waals surface area contributed by atoms with Crippen LogP contribution in [0.1, 0.15) is 22.4 Å². The van der Waals surface area contributed by atoms with Crippen molar-refractivity contribution in [3.05, 3.63) is 75.9 Å². The zero-order valence-electron chi connectivity index (χ0n) is 13.2. The first-order valence-electron chi connectivity index (χ1n) is 8.02. The minimum absolute atomic E-state index is 0.614. The van der Waals surface area contributed by atoms with Gasteiger partial charge in [-0.3, -0.25) is 9.88 Å². The quantitative estimate of drug-likeness (QED) is 0.701. The number of nitriles is 1. The van der Waals surface area contributed by atoms with E-state index in [4.69, 9.17) is 21.8 Å². The first-order valence-corrected chi connectivity index (χ1v) is 8.40. The number of fused-ring (bicyclic) bond motifs is 2. The molecule has 3 aromatic rings. The molecule has 118 valence electrons. The molecular formula is C20H16ClN3. The number of aromatic nitrogens is 1. The van der Waals surface area contributed by atoms with Gasteiger partial charge in [-0.15, -0.1) is 0 Å². The third kappa shape index (κ3) is 2.75. The van der Waals surface area contributed by atoms with Crippen LogP contribution in [0.2, 0.25) is 5.02 Å². The predicted octanol–water partition coefficient (Wildman–Crippen LogP) is 4.32. The van der Waals surface area contributed by atoms with Gasteiger partial charge in [0.15, 0.2) is 0 Å². The molecule has 0 saturated heterocycles. The number of halogens is 1. The molecule has 4 heteroatoms. The van der Waals surface area contributed by atoms with E-state index in [1.54, 1.807) is 6.07 Å². The highest BCUT2D eigenvalue weighted by Crippen LogP contribution is 2.32. The second-order valence-corrected chi connectivity index (χ2v) is 6.52. The molecule has 0 spiro atoms. The van der Waals surface area contributed by atoms with Crippen LogP contribution >= 0.6 is 11.6 Å². The fourth-order valence-corrected chi connectivity index (χ4v) is 3.61. The molecule has 0 radical (unpaired) electrons. The molecule has 0 bridgehead atoms. The second kappa shape index (κ2) is 6.24. The molecule has 2 aromatic carbocycles. The van der Waals surface area contributed by atoms with Crippen molar-refractivity contribution in [2.75, 3.05) is 6.54 Å². The van der Waals surface area contributed by atoms with Crippen molar-refractivity contribution in [3.8, 4) is 6.07 Å². The Bertz CT molecular complexity index is 944. The van der Waals surface area contributed by atoms with Gasteiger partial charge in [0.05, 0.1) is 22.2 Å². The number of nitrogens with zero attached hydrogens (tertiary/aromatic N) is 3. The van der Waals surface area contributed by atoms with Crippen LogP contribution in [0.25, 0.3) is 10.9 Å². The largest absolute Gasteiger partial charge is 0.294 e. The van der Waals surface area contributed by atoms with Crippen LogP contribution < -0.4 is 0 Å². The number of pyridine rings is 1. The maximum atomic E-state index is 9.11. The van der Waals surface area contributed by atoms with Crippen LogP contribution in [-0.4, -0.2) is 16.4 Å². The van der Waals surface area contributed by atoms with Gasteiger partial charge in [-0.2, -0.15) is 5.26 Å². The number of benzene rings is 2. The number of hydrogen-bond acceptors (Lipinski definition) is 3. The van der Waals surface area contributed by atoms with E-state index in [0.717, 1.165) is 53.2 Å². The smallest absolute Gasteiger partial charge is 0.0991 e. The molecule has 0 saturated carbocycles. The molecule has 0 atom stereocenters. The van der Waals surface area contributed by atoms with Gasteiger partial charge in [0, 0.05) is 42.7 Å². The fourth-order valence-electron chi connectivity index (χ4n) is 3.29. The van der Waals surface area contributed by atoms with Gasteiger partial charge in [-0.25, -0.2) is 0 Å². The molecule has 3 nitrogen and oxygen atoms in total. The lowest BCUT2D eigenvalue weighted by atomic mass is 10.0. The Balaban J connectivity index is 1.69. The summed E-state index contributed by atoms with van der Waals surface area (Å²) in [6, 6.07) is 18.2. The van der Waals surface area contributed by atoms with Crippen molar-refractivity contribution in [3.63, 3.8) is 0 Å². The molecule has 2 heterocycles. The summed E-state index contributed by atoms with van der Waals surface area (Å²) in [5.74, 6) is 0. The van der Waals surface area contributed by atoms with Crippen LogP contribution in [0.15, 0.2) is 48.5 Å². The third-order valence-electron chi connectivity index (χ3n) is 4.53. The fraction of sp³-hybridized carbons (Fsp3) is 0.200. The first-order chi connectivity index (χ1) is 11.7. The molecule has 1 aliphatic rings. The standard InChI is InChI=1S/C20H16ClN3/c21-20-16-10-15(11-22)6-7-18(16)23-19-8-9-24(13-17(19)20)12-14-4-2-1-3-5-14/h1-7,10H,8-9,12-13H2. The summed E-state index contributed by atoms with van der Waals surface area (Å²) in [7, 11) is 0. The average Bonchev–Trinajstić information content (AvgIpc) is 2.63. The average molecular weight is 334 g/mol. The van der Waals surface area contributed by atoms with Gasteiger partial charge in [-0.1, -0.05) is 41.9 Å². The molecule has 1 aliphatic heterocycles. The van der Waals surface area contributed by atoms with E-state index in [1.807, 2.05) is 18.2 Å². The predicted molar refractivity (Wildman–Crippen MR) is 95.7 cm³/mol. The zero-order valence-corrected chi connectivity index (χ0v) is 13.9. The lowest BCUT2D eigenvalue weighted by Gasteiger charge is -2.29. The minimum Gasteiger partial charge on any atom is -0.294 e. The third-order valence-corrected chi connectivity index (χ3v) is 4.96. The van der Waals surface area contributed by atoms with Crippen LogP contribution in [0, 0.1) is 11.3 Å². The van der Waals surface area contributed by atoms with Gasteiger partial charge < -0.3 is 0 Å². The Labute approximate surface area is 146 Å². The van der Waals surface area contributed by atoms with Gasteiger partial charge in [0.2, 0.25) is 0 Å². The SMILES string of the molecule is N#Cc1ccc2nc3c(c(Cl)c2c1)CN(Cc1ccccc1)CC3. The number of rotatable bonds is 2. The van der Waals surface area contributed by atoms with E-state index in [9.17, 15) is 0 Å². The van der Waals surface area contributed by atoms with Crippen molar-refractivity contribution in [2.24, 2.45) is 0 Å². The van der Waals surface area contributed by atoms with Gasteiger partial charge >= 0.3 is 0 Å². The highest BCUT2D eigenvalue weighted by Gasteiger charge is 2.22. The summed E-state index contributed by atoms with van der Waals surface area (Å²) < 4.78 is 0. The van der Waals surface area contributed by atoms with Crippen LogP contribution in [0.4, 0.5) is 0 Å². The lowest BCUT2D eigenvalue weighted by Crippen LogP contribution is -2.31. The van der Waals surface area contributed by atoms with Crippen LogP contribution in [-0.2, 0) is 19.5 Å². The Morgan fingerprint density at radius 3 is 2.79 bits per heavy atom. The van der Waals surface area contributed by atoms with Crippen LogP contribution in [0.5, 0.6) is 0 Å². The summed E-state index contributed by atoms with van der Waals surface area (Å²) in [6.45, 7) is 2.68. The molecular weight excluding hydrogens is 318 g/mol. The van der Waals surface area contributed by atoms with Crippen molar-refractivity contribution in [2.45, 2.75) is 19.5 Å². The van der Waals surface area contributed by atoms with E-state index >= 15 is 0 Å². The molecule has 0 fully saturated rings. The molecule has 4 rings (SSSR count). The Hall–Kier alpha value is -2.41. The monoisotopic (exact) mass is 333 g/mol. The molecule has 1 aromatic heterocycles. The molecule has 0 N–H and O–H groups in total. The van der Waals surface area contributed by atoms with E-state index in [1.165, 1.54) is 5.56 Å². The minimum atomic E-state index is 0.614. The molecule has 0 amide bonds. The van der Waals surface area contributed by atoms with Crippen LogP contribution in [0.3, 0.4) is 0 Å². The topological polar surface area (TPSA) is 39.9 Å². The first kappa shape index (κ1) is 15.1. The molecule has 0 unspecified atom stereocenters. The highest BCUT2D eigenvalue weighted by atomic mass is 35.5. The van der Waals surface area contributed by atoms with Crippen molar-refractivity contribution in [1.82, 2.24) is 9.88 Å². The van der Waals surface area contributed by atoms with Gasteiger partial charge in [-0.05, 0) is 23.8 Å². The molecule has 0 aliphatic carbocycles. The van der Waals surface area contributed by atoms with E-state index in [-0.39, 0.29) is 0 Å². The van der Waals surface area contributed by atoms with E-state index in [0.29, 0.717) is 5.56 Å². The maximum Gasteiger partial charge on any atom is 0.0991 e. The lowest BCUT2D eigenvalue weighted by molar-refractivity contribution is 0.244. The second-order valence-electron chi connectivity index (χ2n) is 6.14. The Kier molecular flexibility index (Phi) is 3.93. The summed E-state index contributed by atoms with van der Waals surface area (Å²) >= 11 is 6.68. The van der Waals surface area contributed by atoms with Crippen molar-refractivity contribution < 1.29 is 0 Å². The Morgan fingerprint density at radius 1 is 1.17 bits per heavy atom. The van der Waals surface area contributed by atoms with Crippen molar-refractivity contribution in [1.29, 1.82) is 5.26 Å². The summed E-state index contributed by atoms with van der Waals surface area (Å²) in [6.07, 6.45) is 0.901. The van der Waals surface area contributed by atoms with E-state index in [2.05, 4.69) is 35.2 Å². The van der Waals surface area contributed by atoms with Gasteiger partial charge in [0.25, 0.3) is 0 Å². The Morgan fingerprint density at radius 2 is 2.00 bits per heavy atom. The van der Waals surface area contributed by atoms with Crippen molar-refractivity contribution >= 4 is 22.5 Å². The van der Waals surface area contributed by atoms with E-state index < -0.39 is 0 Å².